The molecule has 0 atom stereocenters. The largest absolute Gasteiger partial charge is 0.480 e. The Bertz CT molecular complexity index is 220. The fraction of sp³-hybridized carbons (Fsp3) is 0.917. The van der Waals surface area contributed by atoms with Crippen molar-refractivity contribution in [1.29, 1.82) is 0 Å². The third-order valence-electron chi connectivity index (χ3n) is 3.45. The standard InChI is InChI=1S/C12H23NO2/c1-10(2)9-13(3)12(11(14)15)7-5-4-6-8-12/h10H,4-9H2,1-3H3,(H,14,15). The van der Waals surface area contributed by atoms with Gasteiger partial charge in [-0.3, -0.25) is 9.69 Å². The van der Waals surface area contributed by atoms with E-state index in [1.54, 1.807) is 0 Å². The van der Waals surface area contributed by atoms with E-state index < -0.39 is 11.5 Å². The quantitative estimate of drug-likeness (QED) is 0.779. The molecule has 1 aliphatic rings. The van der Waals surface area contributed by atoms with Crippen LogP contribution in [0.25, 0.3) is 0 Å². The summed E-state index contributed by atoms with van der Waals surface area (Å²) in [6, 6.07) is 0. The van der Waals surface area contributed by atoms with Crippen molar-refractivity contribution in [1.82, 2.24) is 4.90 Å². The van der Waals surface area contributed by atoms with Crippen molar-refractivity contribution in [3.63, 3.8) is 0 Å². The second kappa shape index (κ2) is 4.97. The molecule has 88 valence electrons. The van der Waals surface area contributed by atoms with Crippen molar-refractivity contribution >= 4 is 5.97 Å². The van der Waals surface area contributed by atoms with Gasteiger partial charge in [0.2, 0.25) is 0 Å². The minimum Gasteiger partial charge on any atom is -0.480 e. The number of carbonyl (C=O) groups is 1. The Morgan fingerprint density at radius 1 is 1.33 bits per heavy atom. The molecule has 0 aliphatic heterocycles. The lowest BCUT2D eigenvalue weighted by Crippen LogP contribution is -2.55. The van der Waals surface area contributed by atoms with Crippen molar-refractivity contribution in [2.24, 2.45) is 5.92 Å². The third kappa shape index (κ3) is 2.71. The minimum absolute atomic E-state index is 0.521. The van der Waals surface area contributed by atoms with Gasteiger partial charge < -0.3 is 5.11 Å². The molecule has 3 heteroatoms. The van der Waals surface area contributed by atoms with Crippen LogP contribution in [0.1, 0.15) is 46.0 Å². The number of likely N-dealkylation sites (N-methyl/N-ethyl adjacent to an activating group) is 1. The predicted octanol–water partition coefficient (Wildman–Crippen LogP) is 2.36. The summed E-state index contributed by atoms with van der Waals surface area (Å²) in [5.74, 6) is -0.112. The lowest BCUT2D eigenvalue weighted by Gasteiger charge is -2.41. The topological polar surface area (TPSA) is 40.5 Å². The number of carboxylic acid groups (broad SMARTS) is 1. The molecule has 1 rings (SSSR count). The van der Waals surface area contributed by atoms with Crippen LogP contribution >= 0.6 is 0 Å². The monoisotopic (exact) mass is 213 g/mol. The van der Waals surface area contributed by atoms with Crippen molar-refractivity contribution in [3.8, 4) is 0 Å². The second-order valence-corrected chi connectivity index (χ2v) is 5.17. The molecule has 0 saturated heterocycles. The summed E-state index contributed by atoms with van der Waals surface area (Å²) in [6.45, 7) is 5.13. The molecule has 0 aromatic rings. The van der Waals surface area contributed by atoms with E-state index in [9.17, 15) is 9.90 Å². The lowest BCUT2D eigenvalue weighted by atomic mass is 9.80. The molecule has 3 nitrogen and oxygen atoms in total. The van der Waals surface area contributed by atoms with Gasteiger partial charge in [0.15, 0.2) is 0 Å². The van der Waals surface area contributed by atoms with Crippen molar-refractivity contribution in [2.75, 3.05) is 13.6 Å². The zero-order valence-corrected chi connectivity index (χ0v) is 10.1. The van der Waals surface area contributed by atoms with Crippen LogP contribution in [0.2, 0.25) is 0 Å². The Morgan fingerprint density at radius 3 is 2.27 bits per heavy atom. The number of nitrogens with zero attached hydrogens (tertiary/aromatic N) is 1. The van der Waals surface area contributed by atoms with E-state index in [-0.39, 0.29) is 0 Å². The van der Waals surface area contributed by atoms with Gasteiger partial charge >= 0.3 is 5.97 Å². The van der Waals surface area contributed by atoms with Crippen LogP contribution in [0.3, 0.4) is 0 Å². The maximum absolute atomic E-state index is 11.5. The molecule has 0 aromatic heterocycles. The van der Waals surface area contributed by atoms with Crippen LogP contribution in [-0.2, 0) is 4.79 Å². The molecule has 1 aliphatic carbocycles. The number of hydrogen-bond donors (Lipinski definition) is 1. The van der Waals surface area contributed by atoms with Crippen LogP contribution < -0.4 is 0 Å². The SMILES string of the molecule is CC(C)CN(C)C1(C(=O)O)CCCCC1. The van der Waals surface area contributed by atoms with Crippen LogP contribution in [-0.4, -0.2) is 35.1 Å². The highest BCUT2D eigenvalue weighted by Gasteiger charge is 2.43. The van der Waals surface area contributed by atoms with Gasteiger partial charge in [-0.1, -0.05) is 33.1 Å². The fourth-order valence-electron chi connectivity index (χ4n) is 2.62. The van der Waals surface area contributed by atoms with Crippen molar-refractivity contribution < 1.29 is 9.90 Å². The molecule has 0 spiro atoms. The Morgan fingerprint density at radius 2 is 1.87 bits per heavy atom. The first-order valence-electron chi connectivity index (χ1n) is 5.93. The lowest BCUT2D eigenvalue weighted by molar-refractivity contribution is -0.153. The van der Waals surface area contributed by atoms with Crippen molar-refractivity contribution in [2.45, 2.75) is 51.5 Å². The van der Waals surface area contributed by atoms with E-state index in [0.717, 1.165) is 32.2 Å². The number of hydrogen-bond acceptors (Lipinski definition) is 2. The summed E-state index contributed by atoms with van der Waals surface area (Å²) >= 11 is 0. The summed E-state index contributed by atoms with van der Waals surface area (Å²) in [4.78, 5) is 13.5. The molecule has 0 aromatic carbocycles. The van der Waals surface area contributed by atoms with Crippen molar-refractivity contribution in [3.05, 3.63) is 0 Å². The molecule has 1 N–H and O–H groups in total. The van der Waals surface area contributed by atoms with Gasteiger partial charge in [-0.05, 0) is 25.8 Å². The highest BCUT2D eigenvalue weighted by Crippen LogP contribution is 2.33. The first kappa shape index (κ1) is 12.5. The van der Waals surface area contributed by atoms with Gasteiger partial charge in [-0.15, -0.1) is 0 Å². The molecule has 0 heterocycles. The molecule has 0 bridgehead atoms. The van der Waals surface area contributed by atoms with E-state index in [4.69, 9.17) is 0 Å². The molecule has 1 fully saturated rings. The van der Waals surface area contributed by atoms with Gasteiger partial charge in [0.05, 0.1) is 0 Å². The van der Waals surface area contributed by atoms with Gasteiger partial charge in [0.1, 0.15) is 5.54 Å². The molecule has 0 amide bonds. The summed E-state index contributed by atoms with van der Waals surface area (Å²) in [6.07, 6.45) is 4.91. The highest BCUT2D eigenvalue weighted by atomic mass is 16.4. The number of carboxylic acids is 1. The average molecular weight is 213 g/mol. The zero-order chi connectivity index (χ0) is 11.5. The third-order valence-corrected chi connectivity index (χ3v) is 3.45. The first-order valence-corrected chi connectivity index (χ1v) is 5.93. The number of rotatable bonds is 4. The Labute approximate surface area is 92.5 Å². The van der Waals surface area contributed by atoms with Crippen LogP contribution in [0.15, 0.2) is 0 Å². The molecular weight excluding hydrogens is 190 g/mol. The fourth-order valence-corrected chi connectivity index (χ4v) is 2.62. The smallest absolute Gasteiger partial charge is 0.324 e. The van der Waals surface area contributed by atoms with Gasteiger partial charge in [-0.25, -0.2) is 0 Å². The minimum atomic E-state index is -0.634. The van der Waals surface area contributed by atoms with Gasteiger partial charge in [-0.2, -0.15) is 0 Å². The van der Waals surface area contributed by atoms with E-state index in [1.807, 2.05) is 7.05 Å². The van der Waals surface area contributed by atoms with Crippen LogP contribution in [0.4, 0.5) is 0 Å². The normalized spacial score (nSPS) is 20.9. The molecule has 0 unspecified atom stereocenters. The Hall–Kier alpha value is -0.570. The Kier molecular flexibility index (Phi) is 4.14. The molecule has 0 radical (unpaired) electrons. The van der Waals surface area contributed by atoms with E-state index in [2.05, 4.69) is 18.7 Å². The zero-order valence-electron chi connectivity index (χ0n) is 10.1. The molecule has 15 heavy (non-hydrogen) atoms. The summed E-state index contributed by atoms with van der Waals surface area (Å²) in [7, 11) is 1.96. The van der Waals surface area contributed by atoms with Gasteiger partial charge in [0.25, 0.3) is 0 Å². The van der Waals surface area contributed by atoms with Crippen LogP contribution in [0.5, 0.6) is 0 Å². The Balaban J connectivity index is 2.75. The maximum atomic E-state index is 11.5. The molecule has 1 saturated carbocycles. The molecular formula is C12H23NO2. The second-order valence-electron chi connectivity index (χ2n) is 5.17. The number of aliphatic carboxylic acids is 1. The van der Waals surface area contributed by atoms with E-state index in [1.165, 1.54) is 6.42 Å². The van der Waals surface area contributed by atoms with E-state index in [0.29, 0.717) is 5.92 Å². The first-order chi connectivity index (χ1) is 6.99. The predicted molar refractivity (Wildman–Crippen MR) is 60.9 cm³/mol. The van der Waals surface area contributed by atoms with Gasteiger partial charge in [0, 0.05) is 6.54 Å². The summed E-state index contributed by atoms with van der Waals surface area (Å²) in [5, 5.41) is 9.43. The average Bonchev–Trinajstić information content (AvgIpc) is 2.17. The van der Waals surface area contributed by atoms with E-state index >= 15 is 0 Å². The highest BCUT2D eigenvalue weighted by molar-refractivity contribution is 5.78. The van der Waals surface area contributed by atoms with Crippen LogP contribution in [0, 0.1) is 5.92 Å². The maximum Gasteiger partial charge on any atom is 0.324 e. The summed E-state index contributed by atoms with van der Waals surface area (Å²) in [5.41, 5.74) is -0.581. The summed E-state index contributed by atoms with van der Waals surface area (Å²) < 4.78 is 0.